The van der Waals surface area contributed by atoms with Gasteiger partial charge in [-0.1, -0.05) is 24.3 Å². The molecule has 0 radical (unpaired) electrons. The Bertz CT molecular complexity index is 453. The van der Waals surface area contributed by atoms with Gasteiger partial charge in [0.2, 0.25) is 0 Å². The van der Waals surface area contributed by atoms with Crippen LogP contribution in [0.1, 0.15) is 5.56 Å². The van der Waals surface area contributed by atoms with E-state index in [2.05, 4.69) is 25.9 Å². The maximum Gasteiger partial charge on any atom is 2.00 e. The molecule has 0 atom stereocenters. The van der Waals surface area contributed by atoms with Gasteiger partial charge in [-0.15, -0.1) is 0 Å². The van der Waals surface area contributed by atoms with Crippen molar-refractivity contribution >= 4 is 12.6 Å². The van der Waals surface area contributed by atoms with E-state index in [4.69, 9.17) is 9.30 Å². The SMILES string of the molecule is FC(F)(F)c1ccc([S-])cc1.[C-]#[O+].[C-]#[O+].[Fe+2].c1cc[cH-]c1. The molecule has 112 valence electrons. The summed E-state index contributed by atoms with van der Waals surface area (Å²) < 4.78 is 50.7. The summed E-state index contributed by atoms with van der Waals surface area (Å²) in [7, 11) is 0. The first-order valence-electron chi connectivity index (χ1n) is 4.92. The van der Waals surface area contributed by atoms with Gasteiger partial charge in [-0.3, -0.25) is 0 Å². The molecule has 21 heavy (non-hydrogen) atoms. The van der Waals surface area contributed by atoms with E-state index in [-0.39, 0.29) is 17.1 Å². The summed E-state index contributed by atoms with van der Waals surface area (Å²) in [6.07, 6.45) is -4.26. The van der Waals surface area contributed by atoms with Crippen molar-refractivity contribution in [1.29, 1.82) is 0 Å². The van der Waals surface area contributed by atoms with Gasteiger partial charge in [-0.05, 0) is 0 Å². The summed E-state index contributed by atoms with van der Waals surface area (Å²) in [6, 6.07) is 14.5. The Balaban J connectivity index is -0.000000273. The Morgan fingerprint density at radius 1 is 0.905 bits per heavy atom. The molecule has 0 saturated heterocycles. The van der Waals surface area contributed by atoms with Crippen LogP contribution in [0, 0.1) is 13.3 Å². The molecule has 0 spiro atoms. The molecule has 0 aromatic heterocycles. The van der Waals surface area contributed by atoms with Crippen LogP contribution in [0.15, 0.2) is 59.5 Å². The normalized spacial score (nSPS) is 8.14. The van der Waals surface area contributed by atoms with Crippen LogP contribution in [-0.2, 0) is 45.2 Å². The fraction of sp³-hybridized carbons (Fsp3) is 0.0714. The number of halogens is 3. The van der Waals surface area contributed by atoms with Crippen molar-refractivity contribution in [3.05, 3.63) is 73.5 Å². The van der Waals surface area contributed by atoms with Crippen LogP contribution < -0.4 is 0 Å². The van der Waals surface area contributed by atoms with E-state index in [9.17, 15) is 13.2 Å². The fourth-order valence-electron chi connectivity index (χ4n) is 0.965. The molecule has 2 aromatic carbocycles. The summed E-state index contributed by atoms with van der Waals surface area (Å²) in [5.74, 6) is 0. The quantitative estimate of drug-likeness (QED) is 0.306. The van der Waals surface area contributed by atoms with E-state index in [1.54, 1.807) is 0 Å². The van der Waals surface area contributed by atoms with Gasteiger partial charge in [0.1, 0.15) is 0 Å². The predicted molar refractivity (Wildman–Crippen MR) is 67.0 cm³/mol. The molecule has 0 unspecified atom stereocenters. The molecular weight excluding hydrogens is 345 g/mol. The second kappa shape index (κ2) is 15.0. The zero-order valence-electron chi connectivity index (χ0n) is 10.4. The fourth-order valence-corrected chi connectivity index (χ4v) is 1.10. The van der Waals surface area contributed by atoms with Gasteiger partial charge < -0.3 is 12.6 Å². The molecule has 0 fully saturated rings. The maximum absolute atomic E-state index is 11.9. The van der Waals surface area contributed by atoms with Gasteiger partial charge in [0.25, 0.3) is 0 Å². The first-order chi connectivity index (χ1) is 9.50. The van der Waals surface area contributed by atoms with Crippen molar-refractivity contribution in [3.63, 3.8) is 0 Å². The number of alkyl halides is 3. The minimum atomic E-state index is -4.26. The van der Waals surface area contributed by atoms with Gasteiger partial charge in [0.15, 0.2) is 0 Å². The van der Waals surface area contributed by atoms with Crippen LogP contribution in [0.25, 0.3) is 0 Å². The molecule has 0 amide bonds. The van der Waals surface area contributed by atoms with E-state index in [1.807, 2.05) is 30.3 Å². The van der Waals surface area contributed by atoms with Crippen LogP contribution in [0.5, 0.6) is 0 Å². The number of rotatable bonds is 0. The summed E-state index contributed by atoms with van der Waals surface area (Å²) in [5.41, 5.74) is -0.661. The molecule has 0 aliphatic carbocycles. The van der Waals surface area contributed by atoms with Crippen molar-refractivity contribution < 1.29 is 39.5 Å². The third-order valence-electron chi connectivity index (χ3n) is 1.74. The maximum atomic E-state index is 11.9. The molecule has 2 rings (SSSR count). The Kier molecular flexibility index (Phi) is 17.5. The Morgan fingerprint density at radius 2 is 1.29 bits per heavy atom. The zero-order chi connectivity index (χ0) is 16.0. The van der Waals surface area contributed by atoms with Crippen LogP contribution in [-0.4, -0.2) is 0 Å². The molecule has 0 bridgehead atoms. The largest absolute Gasteiger partial charge is 2.00 e. The van der Waals surface area contributed by atoms with Gasteiger partial charge in [-0.25, -0.2) is 12.1 Å². The smallest absolute Gasteiger partial charge is 0.214 e. The monoisotopic (exact) mass is 354 g/mol. The number of hydrogen-bond acceptors (Lipinski definition) is 1. The van der Waals surface area contributed by atoms with Crippen molar-refractivity contribution in [3.8, 4) is 0 Å². The molecule has 0 heterocycles. The molecule has 0 saturated carbocycles. The summed E-state index contributed by atoms with van der Waals surface area (Å²) in [6.45, 7) is 9.00. The second-order valence-corrected chi connectivity index (χ2v) is 3.46. The predicted octanol–water partition coefficient (Wildman–Crippen LogP) is 3.94. The van der Waals surface area contributed by atoms with Crippen molar-refractivity contribution in [2.45, 2.75) is 11.1 Å². The third-order valence-corrected chi connectivity index (χ3v) is 2.01. The van der Waals surface area contributed by atoms with Crippen molar-refractivity contribution in [2.75, 3.05) is 0 Å². The Morgan fingerprint density at radius 3 is 1.52 bits per heavy atom. The minimum Gasteiger partial charge on any atom is -0.214 e. The molecule has 0 aliphatic rings. The first-order valence-corrected chi connectivity index (χ1v) is 5.33. The second-order valence-electron chi connectivity index (χ2n) is 2.98. The molecule has 0 N–H and O–H groups in total. The summed E-state index contributed by atoms with van der Waals surface area (Å²) in [5, 5.41) is 0. The first kappa shape index (κ1) is 24.6. The average molecular weight is 354 g/mol. The van der Waals surface area contributed by atoms with Gasteiger partial charge in [0, 0.05) is 0 Å². The third kappa shape index (κ3) is 13.3. The average Bonchev–Trinajstić information content (AvgIpc) is 3.02. The van der Waals surface area contributed by atoms with Gasteiger partial charge in [-0.2, -0.15) is 36.3 Å². The summed E-state index contributed by atoms with van der Waals surface area (Å²) >= 11 is 4.63. The Labute approximate surface area is 137 Å². The molecule has 2 aromatic rings. The van der Waals surface area contributed by atoms with E-state index < -0.39 is 11.7 Å². The standard InChI is InChI=1S/C7H5F3S.C5H5.2CO.Fe/c8-7(9,10)5-1-3-6(11)4-2-5;1-2-4-5-3-1;2*1-2;/h1-4,11H;1-5H;;;/q;-1;;;+2/p-1. The molecule has 0 aliphatic heterocycles. The number of benzene rings is 1. The summed E-state index contributed by atoms with van der Waals surface area (Å²) in [4.78, 5) is 0.415. The minimum absolute atomic E-state index is 0. The van der Waals surface area contributed by atoms with Gasteiger partial charge >= 0.3 is 45.9 Å². The van der Waals surface area contributed by atoms with Crippen LogP contribution in [0.4, 0.5) is 13.2 Å². The van der Waals surface area contributed by atoms with Crippen LogP contribution >= 0.6 is 0 Å². The molecule has 2 nitrogen and oxygen atoms in total. The molecular formula is C14H9F3FeO2S. The number of hydrogen-bond donors (Lipinski definition) is 0. The van der Waals surface area contributed by atoms with E-state index in [0.29, 0.717) is 4.90 Å². The van der Waals surface area contributed by atoms with Crippen molar-refractivity contribution in [2.24, 2.45) is 0 Å². The zero-order valence-corrected chi connectivity index (χ0v) is 12.3. The topological polar surface area (TPSA) is 39.8 Å². The van der Waals surface area contributed by atoms with Crippen LogP contribution in [0.3, 0.4) is 0 Å². The van der Waals surface area contributed by atoms with E-state index >= 15 is 0 Å². The van der Waals surface area contributed by atoms with Crippen LogP contribution in [0.2, 0.25) is 0 Å². The molecule has 7 heteroatoms. The van der Waals surface area contributed by atoms with Crippen molar-refractivity contribution in [1.82, 2.24) is 0 Å². The van der Waals surface area contributed by atoms with Gasteiger partial charge in [0.05, 0.1) is 5.56 Å². The Hall–Kier alpha value is -1.42. The van der Waals surface area contributed by atoms with E-state index in [0.717, 1.165) is 12.1 Å². The van der Waals surface area contributed by atoms with E-state index in [1.165, 1.54) is 12.1 Å².